The molecular weight excluding hydrogens is 234 g/mol. The van der Waals surface area contributed by atoms with Gasteiger partial charge in [0.1, 0.15) is 0 Å². The zero-order valence-electron chi connectivity index (χ0n) is 12.4. The third-order valence-electron chi connectivity index (χ3n) is 4.05. The van der Waals surface area contributed by atoms with Crippen LogP contribution in [0.3, 0.4) is 0 Å². The van der Waals surface area contributed by atoms with Crippen LogP contribution in [0.4, 0.5) is 11.4 Å². The number of benzene rings is 1. The number of nitrogens with one attached hydrogen (secondary N) is 1. The molecule has 2 atom stereocenters. The highest BCUT2D eigenvalue weighted by Crippen LogP contribution is 2.32. The Morgan fingerprint density at radius 2 is 1.95 bits per heavy atom. The smallest absolute Gasteiger partial charge is 0.0609 e. The first-order valence-electron chi connectivity index (χ1n) is 7.55. The van der Waals surface area contributed by atoms with Crippen molar-refractivity contribution in [3.8, 4) is 0 Å². The summed E-state index contributed by atoms with van der Waals surface area (Å²) in [5.41, 5.74) is 9.46. The van der Waals surface area contributed by atoms with Crippen LogP contribution in [0.2, 0.25) is 0 Å². The molecule has 0 bridgehead atoms. The molecule has 1 aromatic carbocycles. The van der Waals surface area contributed by atoms with E-state index in [1.807, 2.05) is 6.07 Å². The molecule has 1 heterocycles. The van der Waals surface area contributed by atoms with Crippen molar-refractivity contribution in [1.29, 1.82) is 0 Å². The van der Waals surface area contributed by atoms with Gasteiger partial charge in [-0.15, -0.1) is 0 Å². The topological polar surface area (TPSA) is 41.3 Å². The lowest BCUT2D eigenvalue weighted by molar-refractivity contribution is 0.176. The van der Waals surface area contributed by atoms with Gasteiger partial charge in [-0.3, -0.25) is 4.90 Å². The van der Waals surface area contributed by atoms with Gasteiger partial charge in [0.2, 0.25) is 0 Å². The van der Waals surface area contributed by atoms with Gasteiger partial charge in [0.25, 0.3) is 0 Å². The minimum absolute atomic E-state index is 0.454. The minimum Gasteiger partial charge on any atom is -0.397 e. The number of nitrogens with zero attached hydrogens (tertiary/aromatic N) is 1. The molecule has 19 heavy (non-hydrogen) atoms. The highest BCUT2D eigenvalue weighted by molar-refractivity contribution is 5.72. The molecule has 1 aliphatic rings. The third-order valence-corrected chi connectivity index (χ3v) is 4.05. The molecule has 0 fully saturated rings. The van der Waals surface area contributed by atoms with E-state index in [1.54, 1.807) is 0 Å². The van der Waals surface area contributed by atoms with Gasteiger partial charge >= 0.3 is 0 Å². The quantitative estimate of drug-likeness (QED) is 0.800. The first-order valence-corrected chi connectivity index (χ1v) is 7.55. The second-order valence-electron chi connectivity index (χ2n) is 5.62. The number of fused-ring (bicyclic) bond motifs is 1. The molecule has 3 N–H and O–H groups in total. The number of hydrogen-bond donors (Lipinski definition) is 2. The van der Waals surface area contributed by atoms with Gasteiger partial charge in [0.15, 0.2) is 0 Å². The number of nitrogens with two attached hydrogens (primary N) is 1. The Labute approximate surface area is 117 Å². The zero-order valence-corrected chi connectivity index (χ0v) is 12.4. The zero-order chi connectivity index (χ0) is 13.8. The first-order chi connectivity index (χ1) is 9.17. The van der Waals surface area contributed by atoms with E-state index in [1.165, 1.54) is 31.5 Å². The Hall–Kier alpha value is -1.22. The second-order valence-corrected chi connectivity index (χ2v) is 5.62. The summed E-state index contributed by atoms with van der Waals surface area (Å²) in [4.78, 5) is 2.63. The van der Waals surface area contributed by atoms with E-state index in [4.69, 9.17) is 5.73 Å². The van der Waals surface area contributed by atoms with Crippen LogP contribution in [-0.2, 0) is 6.42 Å². The number of hydrogen-bond acceptors (Lipinski definition) is 3. The largest absolute Gasteiger partial charge is 0.397 e. The van der Waals surface area contributed by atoms with E-state index < -0.39 is 0 Å². The normalized spacial score (nSPS) is 22.1. The molecular formula is C16H27N3. The monoisotopic (exact) mass is 261 g/mol. The maximum absolute atomic E-state index is 6.07. The predicted octanol–water partition coefficient (Wildman–Crippen LogP) is 3.12. The fourth-order valence-corrected chi connectivity index (χ4v) is 3.16. The van der Waals surface area contributed by atoms with E-state index in [2.05, 4.69) is 43.1 Å². The molecule has 3 heteroatoms. The first kappa shape index (κ1) is 14.2. The summed E-state index contributed by atoms with van der Waals surface area (Å²) in [5, 5.41) is 3.61. The Morgan fingerprint density at radius 1 is 1.26 bits per heavy atom. The van der Waals surface area contributed by atoms with Crippen molar-refractivity contribution in [1.82, 2.24) is 4.90 Å². The molecule has 0 aliphatic carbocycles. The maximum Gasteiger partial charge on any atom is 0.0609 e. The van der Waals surface area contributed by atoms with Gasteiger partial charge in [-0.2, -0.15) is 0 Å². The maximum atomic E-state index is 6.07. The molecule has 0 saturated heterocycles. The van der Waals surface area contributed by atoms with Crippen molar-refractivity contribution in [3.05, 3.63) is 23.8 Å². The molecule has 106 valence electrons. The van der Waals surface area contributed by atoms with E-state index >= 15 is 0 Å². The molecule has 2 rings (SSSR count). The molecule has 1 aliphatic heterocycles. The van der Waals surface area contributed by atoms with Gasteiger partial charge < -0.3 is 11.1 Å². The van der Waals surface area contributed by atoms with Crippen molar-refractivity contribution in [2.75, 3.05) is 24.1 Å². The van der Waals surface area contributed by atoms with Crippen molar-refractivity contribution in [3.63, 3.8) is 0 Å². The van der Waals surface area contributed by atoms with Crippen LogP contribution in [0.1, 0.15) is 39.2 Å². The number of anilines is 2. The van der Waals surface area contributed by atoms with Crippen LogP contribution in [0, 0.1) is 0 Å². The molecule has 1 aromatic rings. The molecule has 0 amide bonds. The Morgan fingerprint density at radius 3 is 2.58 bits per heavy atom. The predicted molar refractivity (Wildman–Crippen MR) is 83.6 cm³/mol. The van der Waals surface area contributed by atoms with E-state index in [9.17, 15) is 0 Å². The standard InChI is InChI=1S/C16H27N3/c1-4-9-19(10-5-2)15-11-13-7-6-8-14(17)16(13)18-12(15)3/h6-8,12,15,18H,4-5,9-11,17H2,1-3H3. The summed E-state index contributed by atoms with van der Waals surface area (Å²) >= 11 is 0. The molecule has 0 spiro atoms. The van der Waals surface area contributed by atoms with Gasteiger partial charge in [-0.25, -0.2) is 0 Å². The number of nitrogen functional groups attached to an aromatic ring is 1. The van der Waals surface area contributed by atoms with E-state index in [0.717, 1.165) is 17.8 Å². The number of para-hydroxylation sites is 1. The lowest BCUT2D eigenvalue weighted by Gasteiger charge is -2.40. The van der Waals surface area contributed by atoms with Crippen LogP contribution in [0.25, 0.3) is 0 Å². The minimum atomic E-state index is 0.454. The van der Waals surface area contributed by atoms with Crippen LogP contribution >= 0.6 is 0 Å². The van der Waals surface area contributed by atoms with Gasteiger partial charge in [0, 0.05) is 12.1 Å². The summed E-state index contributed by atoms with van der Waals surface area (Å²) < 4.78 is 0. The van der Waals surface area contributed by atoms with Crippen molar-refractivity contribution in [2.45, 2.75) is 52.1 Å². The van der Waals surface area contributed by atoms with E-state index in [0.29, 0.717) is 12.1 Å². The second kappa shape index (κ2) is 6.29. The van der Waals surface area contributed by atoms with Crippen LogP contribution in [0.5, 0.6) is 0 Å². The summed E-state index contributed by atoms with van der Waals surface area (Å²) in [6.45, 7) is 9.16. The van der Waals surface area contributed by atoms with Crippen LogP contribution < -0.4 is 11.1 Å². The van der Waals surface area contributed by atoms with Crippen molar-refractivity contribution < 1.29 is 0 Å². The molecule has 2 unspecified atom stereocenters. The van der Waals surface area contributed by atoms with Crippen LogP contribution in [0.15, 0.2) is 18.2 Å². The highest BCUT2D eigenvalue weighted by Gasteiger charge is 2.29. The average molecular weight is 261 g/mol. The van der Waals surface area contributed by atoms with Crippen molar-refractivity contribution in [2.24, 2.45) is 0 Å². The fourth-order valence-electron chi connectivity index (χ4n) is 3.16. The van der Waals surface area contributed by atoms with Gasteiger partial charge in [-0.05, 0) is 50.9 Å². The fraction of sp³-hybridized carbons (Fsp3) is 0.625. The lowest BCUT2D eigenvalue weighted by atomic mass is 9.92. The van der Waals surface area contributed by atoms with Crippen molar-refractivity contribution >= 4 is 11.4 Å². The number of rotatable bonds is 5. The summed E-state index contributed by atoms with van der Waals surface area (Å²) in [6, 6.07) is 7.28. The van der Waals surface area contributed by atoms with E-state index in [-0.39, 0.29) is 0 Å². The molecule has 3 nitrogen and oxygen atoms in total. The molecule has 0 saturated carbocycles. The Bertz CT molecular complexity index is 410. The Kier molecular flexibility index (Phi) is 4.70. The average Bonchev–Trinajstić information content (AvgIpc) is 2.39. The summed E-state index contributed by atoms with van der Waals surface area (Å²) in [7, 11) is 0. The third kappa shape index (κ3) is 3.03. The lowest BCUT2D eigenvalue weighted by Crippen LogP contribution is -2.50. The Balaban J connectivity index is 2.20. The van der Waals surface area contributed by atoms with Gasteiger partial charge in [0.05, 0.1) is 11.4 Å². The highest BCUT2D eigenvalue weighted by atomic mass is 15.2. The molecule has 0 aromatic heterocycles. The van der Waals surface area contributed by atoms with Crippen LogP contribution in [-0.4, -0.2) is 30.1 Å². The SMILES string of the molecule is CCCN(CCC)C1Cc2cccc(N)c2NC1C. The van der Waals surface area contributed by atoms with Gasteiger partial charge in [-0.1, -0.05) is 26.0 Å². The summed E-state index contributed by atoms with van der Waals surface area (Å²) in [6.07, 6.45) is 3.54. The summed E-state index contributed by atoms with van der Waals surface area (Å²) in [5.74, 6) is 0. The molecule has 0 radical (unpaired) electrons.